The van der Waals surface area contributed by atoms with Crippen molar-refractivity contribution in [3.8, 4) is 5.82 Å². The van der Waals surface area contributed by atoms with Crippen molar-refractivity contribution in [3.05, 3.63) is 35.8 Å². The van der Waals surface area contributed by atoms with Crippen molar-refractivity contribution in [2.24, 2.45) is 0 Å². The van der Waals surface area contributed by atoms with Crippen LogP contribution in [0.4, 0.5) is 18.9 Å². The summed E-state index contributed by atoms with van der Waals surface area (Å²) >= 11 is 0. The third kappa shape index (κ3) is 2.27. The Bertz CT molecular complexity index is 596. The lowest BCUT2D eigenvalue weighted by molar-refractivity contribution is -0.141. The molecule has 1 aliphatic rings. The number of rotatable bonds is 2. The number of aromatic nitrogens is 3. The molecule has 100 valence electrons. The van der Waals surface area contributed by atoms with Crippen LogP contribution in [0.3, 0.4) is 0 Å². The standard InChI is InChI=1S/C12H11F3N4/c13-12(14,15)10-5-9(7-1-2-7)19(18-10)11-4-3-8(16)6-17-11/h3-7H,1-2,16H2. The summed E-state index contributed by atoms with van der Waals surface area (Å²) in [6, 6.07) is 4.26. The summed E-state index contributed by atoms with van der Waals surface area (Å²) in [7, 11) is 0. The van der Waals surface area contributed by atoms with Crippen molar-refractivity contribution in [1.29, 1.82) is 0 Å². The Kier molecular flexibility index (Phi) is 2.51. The maximum absolute atomic E-state index is 12.7. The summed E-state index contributed by atoms with van der Waals surface area (Å²) in [6.45, 7) is 0. The molecule has 0 saturated heterocycles. The molecule has 0 atom stereocenters. The van der Waals surface area contributed by atoms with Crippen molar-refractivity contribution >= 4 is 5.69 Å². The number of nitrogen functional groups attached to an aromatic ring is 1. The molecule has 1 saturated carbocycles. The van der Waals surface area contributed by atoms with Gasteiger partial charge in [-0.1, -0.05) is 0 Å². The molecule has 2 N–H and O–H groups in total. The molecule has 7 heteroatoms. The van der Waals surface area contributed by atoms with E-state index in [9.17, 15) is 13.2 Å². The highest BCUT2D eigenvalue weighted by Crippen LogP contribution is 2.42. The van der Waals surface area contributed by atoms with Crippen molar-refractivity contribution in [3.63, 3.8) is 0 Å². The van der Waals surface area contributed by atoms with Crippen LogP contribution in [-0.2, 0) is 6.18 Å². The Morgan fingerprint density at radius 3 is 2.53 bits per heavy atom. The summed E-state index contributed by atoms with van der Waals surface area (Å²) in [5.74, 6) is 0.495. The van der Waals surface area contributed by atoms with Crippen LogP contribution in [0.15, 0.2) is 24.4 Å². The van der Waals surface area contributed by atoms with Crippen LogP contribution in [0.5, 0.6) is 0 Å². The van der Waals surface area contributed by atoms with Gasteiger partial charge in [0.1, 0.15) is 0 Å². The molecule has 1 aliphatic carbocycles. The Morgan fingerprint density at radius 2 is 2.00 bits per heavy atom. The first-order valence-electron chi connectivity index (χ1n) is 5.84. The molecule has 19 heavy (non-hydrogen) atoms. The summed E-state index contributed by atoms with van der Waals surface area (Å²) in [5.41, 5.74) is 5.65. The third-order valence-electron chi connectivity index (χ3n) is 3.01. The fourth-order valence-corrected chi connectivity index (χ4v) is 1.91. The van der Waals surface area contributed by atoms with E-state index in [1.54, 1.807) is 12.1 Å². The molecule has 0 spiro atoms. The summed E-state index contributed by atoms with van der Waals surface area (Å²) in [6.07, 6.45) is -1.26. The molecule has 2 aromatic rings. The Labute approximate surface area is 107 Å². The van der Waals surface area contributed by atoms with E-state index < -0.39 is 11.9 Å². The molecule has 0 aromatic carbocycles. The predicted molar refractivity (Wildman–Crippen MR) is 62.7 cm³/mol. The van der Waals surface area contributed by atoms with E-state index in [1.807, 2.05) is 0 Å². The van der Waals surface area contributed by atoms with Gasteiger partial charge in [0, 0.05) is 11.6 Å². The van der Waals surface area contributed by atoms with Crippen LogP contribution >= 0.6 is 0 Å². The van der Waals surface area contributed by atoms with Crippen LogP contribution in [0, 0.1) is 0 Å². The number of hydrogen-bond acceptors (Lipinski definition) is 3. The quantitative estimate of drug-likeness (QED) is 0.911. The number of alkyl halides is 3. The monoisotopic (exact) mass is 268 g/mol. The van der Waals surface area contributed by atoms with Crippen LogP contribution in [0.2, 0.25) is 0 Å². The van der Waals surface area contributed by atoms with E-state index in [2.05, 4.69) is 10.1 Å². The van der Waals surface area contributed by atoms with E-state index in [0.29, 0.717) is 17.2 Å². The topological polar surface area (TPSA) is 56.7 Å². The molecule has 2 heterocycles. The smallest absolute Gasteiger partial charge is 0.397 e. The van der Waals surface area contributed by atoms with Gasteiger partial charge in [-0.25, -0.2) is 9.67 Å². The summed E-state index contributed by atoms with van der Waals surface area (Å²) in [4.78, 5) is 4.02. The van der Waals surface area contributed by atoms with Gasteiger partial charge in [-0.2, -0.15) is 18.3 Å². The lowest BCUT2D eigenvalue weighted by atomic mass is 10.2. The SMILES string of the molecule is Nc1ccc(-n2nc(C(F)(F)F)cc2C2CC2)nc1. The number of pyridine rings is 1. The molecule has 0 aliphatic heterocycles. The first kappa shape index (κ1) is 12.0. The van der Waals surface area contributed by atoms with Gasteiger partial charge >= 0.3 is 6.18 Å². The average Bonchev–Trinajstić information content (AvgIpc) is 3.08. The zero-order chi connectivity index (χ0) is 13.6. The minimum atomic E-state index is -4.44. The molecule has 3 rings (SSSR count). The molecular formula is C12H11F3N4. The molecule has 0 unspecified atom stereocenters. The van der Waals surface area contributed by atoms with Crippen molar-refractivity contribution < 1.29 is 13.2 Å². The van der Waals surface area contributed by atoms with Crippen LogP contribution in [0.25, 0.3) is 5.82 Å². The second-order valence-corrected chi connectivity index (χ2v) is 4.59. The van der Waals surface area contributed by atoms with Gasteiger partial charge in [-0.15, -0.1) is 0 Å². The number of halogens is 3. The van der Waals surface area contributed by atoms with E-state index in [4.69, 9.17) is 5.73 Å². The third-order valence-corrected chi connectivity index (χ3v) is 3.01. The maximum Gasteiger partial charge on any atom is 0.435 e. The van der Waals surface area contributed by atoms with Gasteiger partial charge in [0.2, 0.25) is 0 Å². The number of hydrogen-bond donors (Lipinski definition) is 1. The Hall–Kier alpha value is -2.05. The average molecular weight is 268 g/mol. The van der Waals surface area contributed by atoms with Gasteiger partial charge in [0.15, 0.2) is 11.5 Å². The fraction of sp³-hybridized carbons (Fsp3) is 0.333. The highest BCUT2D eigenvalue weighted by atomic mass is 19.4. The Morgan fingerprint density at radius 1 is 1.26 bits per heavy atom. The van der Waals surface area contributed by atoms with E-state index in [1.165, 1.54) is 10.9 Å². The van der Waals surface area contributed by atoms with Gasteiger partial charge in [0.05, 0.1) is 11.9 Å². The lowest BCUT2D eigenvalue weighted by Crippen LogP contribution is -2.08. The highest BCUT2D eigenvalue weighted by molar-refractivity contribution is 5.40. The normalized spacial score (nSPS) is 15.7. The number of nitrogens with two attached hydrogens (primary N) is 1. The number of anilines is 1. The lowest BCUT2D eigenvalue weighted by Gasteiger charge is -2.05. The van der Waals surface area contributed by atoms with Crippen LogP contribution in [-0.4, -0.2) is 14.8 Å². The molecule has 2 aromatic heterocycles. The Balaban J connectivity index is 2.08. The van der Waals surface area contributed by atoms with Crippen LogP contribution in [0.1, 0.15) is 30.1 Å². The molecule has 0 amide bonds. The zero-order valence-corrected chi connectivity index (χ0v) is 9.85. The fourth-order valence-electron chi connectivity index (χ4n) is 1.91. The summed E-state index contributed by atoms with van der Waals surface area (Å²) in [5, 5.41) is 3.63. The maximum atomic E-state index is 12.7. The van der Waals surface area contributed by atoms with E-state index in [0.717, 1.165) is 18.9 Å². The molecular weight excluding hydrogens is 257 g/mol. The molecule has 0 radical (unpaired) electrons. The van der Waals surface area contributed by atoms with Crippen molar-refractivity contribution in [2.45, 2.75) is 24.9 Å². The second-order valence-electron chi connectivity index (χ2n) is 4.59. The minimum Gasteiger partial charge on any atom is -0.397 e. The van der Waals surface area contributed by atoms with E-state index >= 15 is 0 Å². The first-order valence-corrected chi connectivity index (χ1v) is 5.84. The number of nitrogens with zero attached hydrogens (tertiary/aromatic N) is 3. The van der Waals surface area contributed by atoms with Gasteiger partial charge in [0.25, 0.3) is 0 Å². The van der Waals surface area contributed by atoms with Crippen molar-refractivity contribution in [1.82, 2.24) is 14.8 Å². The minimum absolute atomic E-state index is 0.142. The molecule has 1 fully saturated rings. The second kappa shape index (κ2) is 3.97. The first-order chi connectivity index (χ1) is 8.95. The highest BCUT2D eigenvalue weighted by Gasteiger charge is 2.38. The summed E-state index contributed by atoms with van der Waals surface area (Å²) < 4.78 is 39.4. The van der Waals surface area contributed by atoms with E-state index in [-0.39, 0.29) is 5.92 Å². The van der Waals surface area contributed by atoms with Gasteiger partial charge < -0.3 is 5.73 Å². The largest absolute Gasteiger partial charge is 0.435 e. The van der Waals surface area contributed by atoms with Gasteiger partial charge in [-0.3, -0.25) is 0 Å². The van der Waals surface area contributed by atoms with Crippen molar-refractivity contribution in [2.75, 3.05) is 5.73 Å². The molecule has 4 nitrogen and oxygen atoms in total. The molecule has 0 bridgehead atoms. The predicted octanol–water partition coefficient (Wildman–Crippen LogP) is 2.75. The van der Waals surface area contributed by atoms with Crippen LogP contribution < -0.4 is 5.73 Å². The van der Waals surface area contributed by atoms with Gasteiger partial charge in [-0.05, 0) is 31.0 Å². The zero-order valence-electron chi connectivity index (χ0n) is 9.85.